The van der Waals surface area contributed by atoms with E-state index < -0.39 is 0 Å². The molecule has 1 amide bonds. The molecule has 3 heterocycles. The predicted octanol–water partition coefficient (Wildman–Crippen LogP) is 2.52. The molecule has 0 saturated heterocycles. The van der Waals surface area contributed by atoms with Gasteiger partial charge in [-0.05, 0) is 12.5 Å². The third-order valence-electron chi connectivity index (χ3n) is 4.46. The van der Waals surface area contributed by atoms with Gasteiger partial charge in [0.05, 0.1) is 6.61 Å². The maximum atomic E-state index is 12.7. The number of hydrogen-bond acceptors (Lipinski definition) is 4. The molecule has 2 aromatic heterocycles. The van der Waals surface area contributed by atoms with Crippen LogP contribution in [0.15, 0.2) is 41.1 Å². The summed E-state index contributed by atoms with van der Waals surface area (Å²) in [5.41, 5.74) is 1.50. The van der Waals surface area contributed by atoms with Crippen LogP contribution < -0.4 is 5.32 Å². The molecule has 1 aliphatic rings. The molecular weight excluding hydrogens is 306 g/mol. The molecule has 0 fully saturated rings. The number of aryl methyl sites for hydroxylation is 1. The van der Waals surface area contributed by atoms with E-state index in [1.807, 2.05) is 30.5 Å². The number of aromatic nitrogens is 2. The lowest BCUT2D eigenvalue weighted by Gasteiger charge is -2.24. The molecule has 24 heavy (non-hydrogen) atoms. The standard InChI is InChI=1S/C18H19N3O3/c1-23-11-14-13-4-2-3-5-15(13)24-17(14)18(22)20-12-6-7-16-19-8-9-21(16)10-12/h2-5,8-9,12H,6-7,10-11H2,1H3,(H,20,22). The van der Waals surface area contributed by atoms with Crippen LogP contribution in [-0.2, 0) is 24.3 Å². The van der Waals surface area contributed by atoms with E-state index in [9.17, 15) is 4.79 Å². The lowest BCUT2D eigenvalue weighted by molar-refractivity contribution is 0.0895. The fourth-order valence-electron chi connectivity index (χ4n) is 3.31. The minimum atomic E-state index is -0.188. The van der Waals surface area contributed by atoms with Crippen LogP contribution in [-0.4, -0.2) is 28.6 Å². The molecule has 6 heteroatoms. The van der Waals surface area contributed by atoms with Crippen LogP contribution in [0.1, 0.15) is 28.4 Å². The van der Waals surface area contributed by atoms with Gasteiger partial charge in [-0.25, -0.2) is 4.98 Å². The summed E-state index contributed by atoms with van der Waals surface area (Å²) in [6.45, 7) is 1.08. The number of benzene rings is 1. The molecule has 3 aromatic rings. The van der Waals surface area contributed by atoms with Crippen molar-refractivity contribution in [1.82, 2.24) is 14.9 Å². The number of furan rings is 1. The van der Waals surface area contributed by atoms with Crippen molar-refractivity contribution in [3.8, 4) is 0 Å². The van der Waals surface area contributed by atoms with E-state index in [2.05, 4.69) is 14.9 Å². The monoisotopic (exact) mass is 325 g/mol. The zero-order chi connectivity index (χ0) is 16.5. The van der Waals surface area contributed by atoms with Crippen molar-refractivity contribution in [2.45, 2.75) is 32.0 Å². The van der Waals surface area contributed by atoms with Gasteiger partial charge >= 0.3 is 0 Å². The Bertz CT molecular complexity index is 881. The van der Waals surface area contributed by atoms with Crippen molar-refractivity contribution < 1.29 is 13.9 Å². The number of rotatable bonds is 4. The highest BCUT2D eigenvalue weighted by Crippen LogP contribution is 2.27. The Morgan fingerprint density at radius 1 is 1.46 bits per heavy atom. The normalized spacial score (nSPS) is 17.0. The van der Waals surface area contributed by atoms with Gasteiger partial charge in [0.2, 0.25) is 0 Å². The minimum Gasteiger partial charge on any atom is -0.451 e. The molecular formula is C18H19N3O3. The van der Waals surface area contributed by atoms with Crippen LogP contribution >= 0.6 is 0 Å². The lowest BCUT2D eigenvalue weighted by atomic mass is 10.1. The summed E-state index contributed by atoms with van der Waals surface area (Å²) in [5.74, 6) is 1.23. The second-order valence-electron chi connectivity index (χ2n) is 6.04. The number of carbonyl (C=O) groups is 1. The number of hydrogen-bond donors (Lipinski definition) is 1. The molecule has 6 nitrogen and oxygen atoms in total. The number of nitrogens with zero attached hydrogens (tertiary/aromatic N) is 2. The van der Waals surface area contributed by atoms with Crippen molar-refractivity contribution in [3.63, 3.8) is 0 Å². The Labute approximate surface area is 139 Å². The maximum Gasteiger partial charge on any atom is 0.287 e. The highest BCUT2D eigenvalue weighted by Gasteiger charge is 2.25. The van der Waals surface area contributed by atoms with Gasteiger partial charge in [0, 0.05) is 49.5 Å². The molecule has 0 bridgehead atoms. The first-order valence-electron chi connectivity index (χ1n) is 8.06. The third-order valence-corrected chi connectivity index (χ3v) is 4.46. The maximum absolute atomic E-state index is 12.7. The molecule has 1 N–H and O–H groups in total. The van der Waals surface area contributed by atoms with E-state index in [1.165, 1.54) is 0 Å². The summed E-state index contributed by atoms with van der Waals surface area (Å²) >= 11 is 0. The van der Waals surface area contributed by atoms with Gasteiger partial charge < -0.3 is 19.0 Å². The Morgan fingerprint density at radius 3 is 3.21 bits per heavy atom. The lowest BCUT2D eigenvalue weighted by Crippen LogP contribution is -2.41. The summed E-state index contributed by atoms with van der Waals surface area (Å²) < 4.78 is 13.1. The summed E-state index contributed by atoms with van der Waals surface area (Å²) in [5, 5.41) is 4.01. The molecule has 0 saturated carbocycles. The number of nitrogens with one attached hydrogen (secondary N) is 1. The Kier molecular flexibility index (Phi) is 3.82. The predicted molar refractivity (Wildman–Crippen MR) is 88.7 cm³/mol. The zero-order valence-electron chi connectivity index (χ0n) is 13.5. The van der Waals surface area contributed by atoms with Gasteiger partial charge in [-0.3, -0.25) is 4.79 Å². The van der Waals surface area contributed by atoms with Gasteiger partial charge in [-0.2, -0.15) is 0 Å². The number of fused-ring (bicyclic) bond motifs is 2. The fraction of sp³-hybridized carbons (Fsp3) is 0.333. The van der Waals surface area contributed by atoms with Gasteiger partial charge in [-0.15, -0.1) is 0 Å². The van der Waals surface area contributed by atoms with E-state index >= 15 is 0 Å². The number of ether oxygens (including phenoxy) is 1. The van der Waals surface area contributed by atoms with Crippen LogP contribution in [0.5, 0.6) is 0 Å². The van der Waals surface area contributed by atoms with Crippen LogP contribution in [0.3, 0.4) is 0 Å². The van der Waals surface area contributed by atoms with Crippen molar-refractivity contribution in [2.75, 3.05) is 7.11 Å². The van der Waals surface area contributed by atoms with E-state index in [-0.39, 0.29) is 11.9 Å². The molecule has 1 atom stereocenters. The van der Waals surface area contributed by atoms with E-state index in [0.717, 1.165) is 36.2 Å². The molecule has 0 radical (unpaired) electrons. The minimum absolute atomic E-state index is 0.0720. The van der Waals surface area contributed by atoms with Gasteiger partial charge in [0.25, 0.3) is 5.91 Å². The van der Waals surface area contributed by atoms with Gasteiger partial charge in [-0.1, -0.05) is 18.2 Å². The third kappa shape index (κ3) is 2.59. The van der Waals surface area contributed by atoms with Crippen LogP contribution in [0.2, 0.25) is 0 Å². The van der Waals surface area contributed by atoms with E-state index in [0.29, 0.717) is 18.0 Å². The summed E-state index contributed by atoms with van der Waals surface area (Å²) in [6.07, 6.45) is 5.49. The topological polar surface area (TPSA) is 69.3 Å². The summed E-state index contributed by atoms with van der Waals surface area (Å²) in [7, 11) is 1.62. The summed E-state index contributed by atoms with van der Waals surface area (Å²) in [6, 6.07) is 7.71. The fourth-order valence-corrected chi connectivity index (χ4v) is 3.31. The average Bonchev–Trinajstić information content (AvgIpc) is 3.20. The van der Waals surface area contributed by atoms with Crippen LogP contribution in [0, 0.1) is 0 Å². The van der Waals surface area contributed by atoms with Gasteiger partial charge in [0.15, 0.2) is 5.76 Å². The molecule has 4 rings (SSSR count). The Balaban J connectivity index is 1.58. The summed E-state index contributed by atoms with van der Waals surface area (Å²) in [4.78, 5) is 17.1. The van der Waals surface area contributed by atoms with Crippen molar-refractivity contribution in [2.24, 2.45) is 0 Å². The van der Waals surface area contributed by atoms with Crippen molar-refractivity contribution in [3.05, 3.63) is 53.8 Å². The molecule has 1 aliphatic heterocycles. The Hall–Kier alpha value is -2.60. The highest BCUT2D eigenvalue weighted by molar-refractivity contribution is 5.99. The first-order valence-corrected chi connectivity index (χ1v) is 8.06. The SMILES string of the molecule is COCc1c(C(=O)NC2CCc3nccn3C2)oc2ccccc12. The Morgan fingerprint density at radius 2 is 2.33 bits per heavy atom. The second-order valence-corrected chi connectivity index (χ2v) is 6.04. The second kappa shape index (κ2) is 6.13. The number of carbonyl (C=O) groups excluding carboxylic acids is 1. The van der Waals surface area contributed by atoms with Crippen molar-refractivity contribution in [1.29, 1.82) is 0 Å². The van der Waals surface area contributed by atoms with Crippen LogP contribution in [0.4, 0.5) is 0 Å². The van der Waals surface area contributed by atoms with Crippen LogP contribution in [0.25, 0.3) is 11.0 Å². The number of para-hydroxylation sites is 1. The zero-order valence-corrected chi connectivity index (χ0v) is 13.5. The van der Waals surface area contributed by atoms with E-state index in [1.54, 1.807) is 13.3 Å². The quantitative estimate of drug-likeness (QED) is 0.800. The average molecular weight is 325 g/mol. The molecule has 0 aliphatic carbocycles. The van der Waals surface area contributed by atoms with Gasteiger partial charge in [0.1, 0.15) is 11.4 Å². The number of amides is 1. The molecule has 1 aromatic carbocycles. The molecule has 0 spiro atoms. The molecule has 1 unspecified atom stereocenters. The van der Waals surface area contributed by atoms with E-state index in [4.69, 9.17) is 9.15 Å². The first-order chi connectivity index (χ1) is 11.8. The molecule has 124 valence electrons. The first kappa shape index (κ1) is 15.0. The number of imidazole rings is 1. The number of methoxy groups -OCH3 is 1. The largest absolute Gasteiger partial charge is 0.451 e. The smallest absolute Gasteiger partial charge is 0.287 e. The van der Waals surface area contributed by atoms with Crippen molar-refractivity contribution >= 4 is 16.9 Å². The highest BCUT2D eigenvalue weighted by atomic mass is 16.5.